The molecule has 2 aliphatic rings. The average Bonchev–Trinajstić information content (AvgIpc) is 3.13. The average molecular weight is 388 g/mol. The quantitative estimate of drug-likeness (QED) is 0.852. The minimum Gasteiger partial charge on any atom is -0.493 e. The topological polar surface area (TPSA) is 77.5 Å². The SMILES string of the molecule is Cc1ncccc1OC1CCC(NS(=O)(=O)c2ccc3c(c2)CCO3)CC1. The van der Waals surface area contributed by atoms with Crippen LogP contribution < -0.4 is 14.2 Å². The van der Waals surface area contributed by atoms with Crippen molar-refractivity contribution < 1.29 is 17.9 Å². The van der Waals surface area contributed by atoms with Crippen LogP contribution in [0.15, 0.2) is 41.4 Å². The molecule has 0 saturated heterocycles. The fraction of sp³-hybridized carbons (Fsp3) is 0.450. The van der Waals surface area contributed by atoms with E-state index < -0.39 is 10.0 Å². The van der Waals surface area contributed by atoms with Gasteiger partial charge in [-0.1, -0.05) is 0 Å². The predicted molar refractivity (Wildman–Crippen MR) is 102 cm³/mol. The van der Waals surface area contributed by atoms with E-state index in [4.69, 9.17) is 9.47 Å². The third kappa shape index (κ3) is 4.09. The molecule has 1 aliphatic carbocycles. The molecule has 2 aromatic rings. The number of aryl methyl sites for hydroxylation is 1. The maximum absolute atomic E-state index is 12.7. The van der Waals surface area contributed by atoms with E-state index in [9.17, 15) is 8.42 Å². The van der Waals surface area contributed by atoms with Crippen molar-refractivity contribution in [3.63, 3.8) is 0 Å². The minimum absolute atomic E-state index is 0.0608. The summed E-state index contributed by atoms with van der Waals surface area (Å²) in [5.41, 5.74) is 1.84. The summed E-state index contributed by atoms with van der Waals surface area (Å²) in [6, 6.07) is 8.82. The van der Waals surface area contributed by atoms with Gasteiger partial charge in [0.1, 0.15) is 11.5 Å². The molecular formula is C20H24N2O4S. The van der Waals surface area contributed by atoms with Crippen LogP contribution in [0.3, 0.4) is 0 Å². The number of hydrogen-bond donors (Lipinski definition) is 1. The number of benzene rings is 1. The van der Waals surface area contributed by atoms with Gasteiger partial charge in [0.25, 0.3) is 0 Å². The Morgan fingerprint density at radius 2 is 2.00 bits per heavy atom. The van der Waals surface area contributed by atoms with Crippen molar-refractivity contribution in [2.45, 2.75) is 56.1 Å². The van der Waals surface area contributed by atoms with Crippen molar-refractivity contribution in [2.24, 2.45) is 0 Å². The molecule has 7 heteroatoms. The van der Waals surface area contributed by atoms with Crippen molar-refractivity contribution in [1.29, 1.82) is 0 Å². The molecule has 1 fully saturated rings. The van der Waals surface area contributed by atoms with Crippen LogP contribution in [0.1, 0.15) is 36.9 Å². The summed E-state index contributed by atoms with van der Waals surface area (Å²) in [7, 11) is -3.52. The summed E-state index contributed by atoms with van der Waals surface area (Å²) < 4.78 is 39.8. The van der Waals surface area contributed by atoms with E-state index in [0.717, 1.165) is 54.9 Å². The number of sulfonamides is 1. The second-order valence-electron chi connectivity index (χ2n) is 7.17. The van der Waals surface area contributed by atoms with E-state index in [1.165, 1.54) is 0 Å². The Hall–Kier alpha value is -2.12. The van der Waals surface area contributed by atoms with E-state index >= 15 is 0 Å². The van der Waals surface area contributed by atoms with Gasteiger partial charge in [-0.3, -0.25) is 4.98 Å². The fourth-order valence-electron chi connectivity index (χ4n) is 3.69. The number of ether oxygens (including phenoxy) is 2. The zero-order valence-corrected chi connectivity index (χ0v) is 16.2. The van der Waals surface area contributed by atoms with E-state index in [1.54, 1.807) is 24.4 Å². The van der Waals surface area contributed by atoms with Crippen LogP contribution in [0.25, 0.3) is 0 Å². The number of hydrogen-bond acceptors (Lipinski definition) is 5. The van der Waals surface area contributed by atoms with Gasteiger partial charge in [-0.2, -0.15) is 0 Å². The summed E-state index contributed by atoms with van der Waals surface area (Å²) in [5, 5.41) is 0. The minimum atomic E-state index is -3.52. The van der Waals surface area contributed by atoms with E-state index in [-0.39, 0.29) is 12.1 Å². The Balaban J connectivity index is 1.35. The maximum atomic E-state index is 12.7. The van der Waals surface area contributed by atoms with Crippen LogP contribution in [-0.4, -0.2) is 32.2 Å². The van der Waals surface area contributed by atoms with E-state index in [0.29, 0.717) is 11.5 Å². The summed E-state index contributed by atoms with van der Waals surface area (Å²) in [6.45, 7) is 2.55. The Kier molecular flexibility index (Phi) is 5.06. The van der Waals surface area contributed by atoms with E-state index in [1.807, 2.05) is 19.1 Å². The third-order valence-corrected chi connectivity index (χ3v) is 6.74. The summed E-state index contributed by atoms with van der Waals surface area (Å²) in [6.07, 6.45) is 5.77. The molecule has 2 heterocycles. The normalized spacial score (nSPS) is 22.1. The van der Waals surface area contributed by atoms with Gasteiger partial charge in [-0.25, -0.2) is 13.1 Å². The highest BCUT2D eigenvalue weighted by Gasteiger charge is 2.27. The zero-order valence-electron chi connectivity index (χ0n) is 15.3. The first-order valence-corrected chi connectivity index (χ1v) is 10.9. The largest absolute Gasteiger partial charge is 0.493 e. The van der Waals surface area contributed by atoms with Gasteiger partial charge >= 0.3 is 0 Å². The lowest BCUT2D eigenvalue weighted by molar-refractivity contribution is 0.142. The number of aromatic nitrogens is 1. The molecule has 0 radical (unpaired) electrons. The van der Waals surface area contributed by atoms with Crippen LogP contribution in [0.5, 0.6) is 11.5 Å². The molecule has 0 spiro atoms. The first-order valence-electron chi connectivity index (χ1n) is 9.37. The van der Waals surface area contributed by atoms with Crippen molar-refractivity contribution >= 4 is 10.0 Å². The zero-order chi connectivity index (χ0) is 18.9. The van der Waals surface area contributed by atoms with Gasteiger partial charge < -0.3 is 9.47 Å². The number of fused-ring (bicyclic) bond motifs is 1. The van der Waals surface area contributed by atoms with Gasteiger partial charge in [0.05, 0.1) is 23.3 Å². The van der Waals surface area contributed by atoms with Gasteiger partial charge in [-0.05, 0) is 68.5 Å². The van der Waals surface area contributed by atoms with Crippen molar-refractivity contribution in [2.75, 3.05) is 6.61 Å². The second kappa shape index (κ2) is 7.48. The summed E-state index contributed by atoms with van der Waals surface area (Å²) in [4.78, 5) is 4.56. The first kappa shape index (κ1) is 18.3. The van der Waals surface area contributed by atoms with Crippen molar-refractivity contribution in [3.05, 3.63) is 47.8 Å². The van der Waals surface area contributed by atoms with Crippen LogP contribution in [-0.2, 0) is 16.4 Å². The van der Waals surface area contributed by atoms with Crippen LogP contribution in [0.4, 0.5) is 0 Å². The predicted octanol–water partition coefficient (Wildman–Crippen LogP) is 2.99. The van der Waals surface area contributed by atoms with Gasteiger partial charge in [-0.15, -0.1) is 0 Å². The molecular weight excluding hydrogens is 364 g/mol. The Bertz CT molecular complexity index is 921. The highest BCUT2D eigenvalue weighted by atomic mass is 32.2. The molecule has 6 nitrogen and oxygen atoms in total. The second-order valence-corrected chi connectivity index (χ2v) is 8.88. The highest BCUT2D eigenvalue weighted by molar-refractivity contribution is 7.89. The number of nitrogens with one attached hydrogen (secondary N) is 1. The molecule has 144 valence electrons. The lowest BCUT2D eigenvalue weighted by atomic mass is 9.93. The third-order valence-electron chi connectivity index (χ3n) is 5.22. The molecule has 1 saturated carbocycles. The smallest absolute Gasteiger partial charge is 0.240 e. The lowest BCUT2D eigenvalue weighted by Gasteiger charge is -2.29. The van der Waals surface area contributed by atoms with Crippen molar-refractivity contribution in [1.82, 2.24) is 9.71 Å². The van der Waals surface area contributed by atoms with Gasteiger partial charge in [0, 0.05) is 18.7 Å². The van der Waals surface area contributed by atoms with Crippen LogP contribution in [0, 0.1) is 6.92 Å². The molecule has 1 aromatic heterocycles. The Labute approximate surface area is 160 Å². The standard InChI is InChI=1S/C20H24N2O4S/c1-14-19(3-2-11-21-14)26-17-6-4-16(5-7-17)22-27(23,24)18-8-9-20-15(13-18)10-12-25-20/h2-3,8-9,11,13,16-17,22H,4-7,10,12H2,1H3. The number of nitrogens with zero attached hydrogens (tertiary/aromatic N) is 1. The monoisotopic (exact) mass is 388 g/mol. The molecule has 1 aliphatic heterocycles. The molecule has 27 heavy (non-hydrogen) atoms. The van der Waals surface area contributed by atoms with Crippen LogP contribution in [0.2, 0.25) is 0 Å². The van der Waals surface area contributed by atoms with Crippen LogP contribution >= 0.6 is 0 Å². The number of rotatable bonds is 5. The van der Waals surface area contributed by atoms with Gasteiger partial charge in [0.2, 0.25) is 10.0 Å². The first-order chi connectivity index (χ1) is 13.0. The Morgan fingerprint density at radius 1 is 1.19 bits per heavy atom. The molecule has 0 amide bonds. The Morgan fingerprint density at radius 3 is 2.78 bits per heavy atom. The van der Waals surface area contributed by atoms with Gasteiger partial charge in [0.15, 0.2) is 0 Å². The molecule has 0 unspecified atom stereocenters. The molecule has 0 atom stereocenters. The van der Waals surface area contributed by atoms with Crippen molar-refractivity contribution in [3.8, 4) is 11.5 Å². The molecule has 1 N–H and O–H groups in total. The van der Waals surface area contributed by atoms with E-state index in [2.05, 4.69) is 9.71 Å². The maximum Gasteiger partial charge on any atom is 0.240 e. The summed E-state index contributed by atoms with van der Waals surface area (Å²) in [5.74, 6) is 1.60. The fourth-order valence-corrected chi connectivity index (χ4v) is 5.04. The number of pyridine rings is 1. The highest BCUT2D eigenvalue weighted by Crippen LogP contribution is 2.29. The molecule has 4 rings (SSSR count). The summed E-state index contributed by atoms with van der Waals surface area (Å²) >= 11 is 0. The molecule has 1 aromatic carbocycles. The molecule has 0 bridgehead atoms. The lowest BCUT2D eigenvalue weighted by Crippen LogP contribution is -2.39.